The summed E-state index contributed by atoms with van der Waals surface area (Å²) < 4.78 is 33.1. The predicted octanol–water partition coefficient (Wildman–Crippen LogP) is 1.21. The van der Waals surface area contributed by atoms with Crippen LogP contribution in [0.5, 0.6) is 0 Å². The third-order valence-corrected chi connectivity index (χ3v) is 7.09. The molecule has 2 fully saturated rings. The monoisotopic (exact) mass is 395 g/mol. The fourth-order valence-corrected chi connectivity index (χ4v) is 5.35. The lowest BCUT2D eigenvalue weighted by atomic mass is 9.94. The molecular weight excluding hydrogens is 366 g/mol. The van der Waals surface area contributed by atoms with Gasteiger partial charge in [0.2, 0.25) is 10.0 Å². The van der Waals surface area contributed by atoms with Crippen LogP contribution in [0.1, 0.15) is 37.6 Å². The van der Waals surface area contributed by atoms with Crippen LogP contribution in [0.25, 0.3) is 0 Å². The summed E-state index contributed by atoms with van der Waals surface area (Å²) >= 11 is 0. The second-order valence-corrected chi connectivity index (χ2v) is 9.60. The zero-order valence-corrected chi connectivity index (χ0v) is 17.0. The number of ether oxygens (including phenoxy) is 1. The number of nitrogens with zero attached hydrogens (tertiary/aromatic N) is 1. The molecular formula is C19H29N3O4S. The molecule has 4 atom stereocenters. The van der Waals surface area contributed by atoms with Crippen molar-refractivity contribution in [1.82, 2.24) is 14.9 Å². The molecule has 2 aliphatic rings. The maximum Gasteiger partial charge on any atom is 0.251 e. The predicted molar refractivity (Wildman–Crippen MR) is 103 cm³/mol. The molecule has 2 aliphatic heterocycles. The highest BCUT2D eigenvalue weighted by molar-refractivity contribution is 7.89. The van der Waals surface area contributed by atoms with E-state index < -0.39 is 10.0 Å². The maximum absolute atomic E-state index is 13.0. The van der Waals surface area contributed by atoms with E-state index >= 15 is 0 Å². The van der Waals surface area contributed by atoms with E-state index in [1.807, 2.05) is 13.8 Å². The zero-order valence-electron chi connectivity index (χ0n) is 16.1. The van der Waals surface area contributed by atoms with Crippen LogP contribution in [0.4, 0.5) is 0 Å². The molecule has 1 amide bonds. The smallest absolute Gasteiger partial charge is 0.251 e. The number of piperidine rings is 1. The number of benzene rings is 1. The molecule has 27 heavy (non-hydrogen) atoms. The van der Waals surface area contributed by atoms with E-state index in [2.05, 4.69) is 17.6 Å². The van der Waals surface area contributed by atoms with Crippen molar-refractivity contribution >= 4 is 15.9 Å². The first-order valence-electron chi connectivity index (χ1n) is 9.54. The lowest BCUT2D eigenvalue weighted by Crippen LogP contribution is -2.50. The number of hydrogen-bond acceptors (Lipinski definition) is 5. The Morgan fingerprint density at radius 3 is 2.59 bits per heavy atom. The Kier molecular flexibility index (Phi) is 6.20. The van der Waals surface area contributed by atoms with Gasteiger partial charge in [0.1, 0.15) is 0 Å². The highest BCUT2D eigenvalue weighted by Crippen LogP contribution is 2.22. The average molecular weight is 396 g/mol. The Balaban J connectivity index is 1.77. The molecule has 0 aliphatic carbocycles. The van der Waals surface area contributed by atoms with Crippen LogP contribution >= 0.6 is 0 Å². The number of rotatable bonds is 4. The fourth-order valence-electron chi connectivity index (χ4n) is 3.71. The average Bonchev–Trinajstić information content (AvgIpc) is 2.63. The standard InChI is InChI=1S/C19H29N3O4S/c1-13-7-8-20-10-18(13)21-19(23)16-5-4-6-17(9-16)27(24,25)22-11-14(2)26-15(3)12-22/h4-6,9,13-15,18,20H,7-8,10-12H2,1-3H3,(H,21,23). The Morgan fingerprint density at radius 1 is 1.22 bits per heavy atom. The van der Waals surface area contributed by atoms with Crippen molar-refractivity contribution in [3.63, 3.8) is 0 Å². The summed E-state index contributed by atoms with van der Waals surface area (Å²) in [6.07, 6.45) is 0.692. The van der Waals surface area contributed by atoms with Crippen molar-refractivity contribution in [2.45, 2.75) is 50.3 Å². The molecule has 8 heteroatoms. The summed E-state index contributed by atoms with van der Waals surface area (Å²) in [6, 6.07) is 6.34. The molecule has 0 aromatic heterocycles. The number of morpholine rings is 1. The van der Waals surface area contributed by atoms with Crippen LogP contribution in [0, 0.1) is 5.92 Å². The maximum atomic E-state index is 13.0. The number of amides is 1. The topological polar surface area (TPSA) is 87.7 Å². The molecule has 2 heterocycles. The highest BCUT2D eigenvalue weighted by Gasteiger charge is 2.32. The number of sulfonamides is 1. The Morgan fingerprint density at radius 2 is 1.93 bits per heavy atom. The highest BCUT2D eigenvalue weighted by atomic mass is 32.2. The number of hydrogen-bond donors (Lipinski definition) is 2. The first-order valence-corrected chi connectivity index (χ1v) is 11.0. The molecule has 1 aromatic carbocycles. The first-order chi connectivity index (χ1) is 12.8. The van der Waals surface area contributed by atoms with Crippen LogP contribution in [0.15, 0.2) is 29.2 Å². The van der Waals surface area contributed by atoms with Gasteiger partial charge in [0, 0.05) is 31.2 Å². The van der Waals surface area contributed by atoms with Gasteiger partial charge in [0.05, 0.1) is 17.1 Å². The van der Waals surface area contributed by atoms with Gasteiger partial charge in [-0.2, -0.15) is 4.31 Å². The number of carbonyl (C=O) groups is 1. The SMILES string of the molecule is CC1CN(S(=O)(=O)c2cccc(C(=O)NC3CNCCC3C)c2)CC(C)O1. The molecule has 0 bridgehead atoms. The summed E-state index contributed by atoms with van der Waals surface area (Å²) in [4.78, 5) is 12.8. The molecule has 0 spiro atoms. The van der Waals surface area contributed by atoms with Gasteiger partial charge in [-0.1, -0.05) is 13.0 Å². The van der Waals surface area contributed by atoms with E-state index in [0.717, 1.165) is 19.5 Å². The molecule has 2 N–H and O–H groups in total. The van der Waals surface area contributed by atoms with E-state index in [4.69, 9.17) is 4.74 Å². The number of nitrogens with one attached hydrogen (secondary N) is 2. The van der Waals surface area contributed by atoms with Gasteiger partial charge >= 0.3 is 0 Å². The Bertz CT molecular complexity index is 773. The van der Waals surface area contributed by atoms with Crippen molar-refractivity contribution in [1.29, 1.82) is 0 Å². The molecule has 0 radical (unpaired) electrons. The second-order valence-electron chi connectivity index (χ2n) is 7.66. The number of carbonyl (C=O) groups excluding carboxylic acids is 1. The molecule has 2 saturated heterocycles. The summed E-state index contributed by atoms with van der Waals surface area (Å²) in [5, 5.41) is 6.31. The zero-order chi connectivity index (χ0) is 19.6. The van der Waals surface area contributed by atoms with Gasteiger partial charge in [-0.05, 0) is 50.9 Å². The summed E-state index contributed by atoms with van der Waals surface area (Å²) in [6.45, 7) is 8.16. The van der Waals surface area contributed by atoms with E-state index in [9.17, 15) is 13.2 Å². The summed E-state index contributed by atoms with van der Waals surface area (Å²) in [7, 11) is -3.67. The van der Waals surface area contributed by atoms with Crippen molar-refractivity contribution < 1.29 is 17.9 Å². The lowest BCUT2D eigenvalue weighted by molar-refractivity contribution is -0.0440. The van der Waals surface area contributed by atoms with Crippen LogP contribution in [0.2, 0.25) is 0 Å². The van der Waals surface area contributed by atoms with Crippen molar-refractivity contribution in [2.75, 3.05) is 26.2 Å². The van der Waals surface area contributed by atoms with Crippen LogP contribution in [0.3, 0.4) is 0 Å². The van der Waals surface area contributed by atoms with Crippen molar-refractivity contribution in [3.8, 4) is 0 Å². The van der Waals surface area contributed by atoms with Crippen molar-refractivity contribution in [3.05, 3.63) is 29.8 Å². The van der Waals surface area contributed by atoms with Gasteiger partial charge in [-0.15, -0.1) is 0 Å². The van der Waals surface area contributed by atoms with Gasteiger partial charge in [0.15, 0.2) is 0 Å². The quantitative estimate of drug-likeness (QED) is 0.800. The minimum atomic E-state index is -3.67. The second kappa shape index (κ2) is 8.26. The fraction of sp³-hybridized carbons (Fsp3) is 0.632. The molecule has 7 nitrogen and oxygen atoms in total. The van der Waals surface area contributed by atoms with E-state index in [0.29, 0.717) is 24.6 Å². The molecule has 3 rings (SSSR count). The Labute approximate surface area is 161 Å². The largest absolute Gasteiger partial charge is 0.373 e. The van der Waals surface area contributed by atoms with E-state index in [1.54, 1.807) is 18.2 Å². The van der Waals surface area contributed by atoms with Gasteiger partial charge < -0.3 is 15.4 Å². The first kappa shape index (κ1) is 20.3. The minimum absolute atomic E-state index is 0.0486. The van der Waals surface area contributed by atoms with E-state index in [-0.39, 0.29) is 29.1 Å². The van der Waals surface area contributed by atoms with Crippen LogP contribution < -0.4 is 10.6 Å². The molecule has 0 saturated carbocycles. The third-order valence-electron chi connectivity index (χ3n) is 5.26. The third kappa shape index (κ3) is 4.68. The Hall–Kier alpha value is -1.48. The summed E-state index contributed by atoms with van der Waals surface area (Å²) in [5.74, 6) is 0.148. The van der Waals surface area contributed by atoms with Crippen LogP contribution in [-0.2, 0) is 14.8 Å². The molecule has 4 unspecified atom stereocenters. The van der Waals surface area contributed by atoms with Crippen molar-refractivity contribution in [2.24, 2.45) is 5.92 Å². The normalized spacial score (nSPS) is 30.0. The van der Waals surface area contributed by atoms with E-state index in [1.165, 1.54) is 10.4 Å². The molecule has 1 aromatic rings. The van der Waals surface area contributed by atoms with Crippen LogP contribution in [-0.4, -0.2) is 63.1 Å². The van der Waals surface area contributed by atoms with Gasteiger partial charge in [-0.3, -0.25) is 4.79 Å². The molecule has 150 valence electrons. The minimum Gasteiger partial charge on any atom is -0.373 e. The van der Waals surface area contributed by atoms with Gasteiger partial charge in [0.25, 0.3) is 5.91 Å². The van der Waals surface area contributed by atoms with Gasteiger partial charge in [-0.25, -0.2) is 8.42 Å². The lowest BCUT2D eigenvalue weighted by Gasteiger charge is -2.34. The summed E-state index contributed by atoms with van der Waals surface area (Å²) in [5.41, 5.74) is 0.364.